The van der Waals surface area contributed by atoms with E-state index in [-0.39, 0.29) is 11.4 Å². The molecule has 0 aliphatic rings. The van der Waals surface area contributed by atoms with E-state index in [4.69, 9.17) is 0 Å². The van der Waals surface area contributed by atoms with Crippen LogP contribution in [0, 0.1) is 20.2 Å². The minimum atomic E-state index is -0.409. The van der Waals surface area contributed by atoms with Crippen LogP contribution in [0.3, 0.4) is 0 Å². The van der Waals surface area contributed by atoms with E-state index in [1.54, 1.807) is 35.6 Å². The summed E-state index contributed by atoms with van der Waals surface area (Å²) in [5.41, 5.74) is 5.87. The average molecular weight is 479 g/mol. The summed E-state index contributed by atoms with van der Waals surface area (Å²) in [5, 5.41) is 22.4. The molecule has 0 spiro atoms. The number of hydrogen-bond acceptors (Lipinski definition) is 5. The van der Waals surface area contributed by atoms with Gasteiger partial charge in [0.15, 0.2) is 0 Å². The quantitative estimate of drug-likeness (QED) is 0.182. The van der Waals surface area contributed by atoms with Crippen molar-refractivity contribution in [2.24, 2.45) is 0 Å². The molecule has 0 bridgehead atoms. The van der Waals surface area contributed by atoms with Crippen molar-refractivity contribution in [2.45, 2.75) is 0 Å². The Morgan fingerprint density at radius 1 is 0.457 bits per heavy atom. The molecular weight excluding hydrogens is 460 g/mol. The van der Waals surface area contributed by atoms with E-state index in [0.29, 0.717) is 0 Å². The molecule has 0 N–H and O–H groups in total. The normalized spacial score (nSPS) is 10.7. The minimum Gasteiger partial charge on any atom is -0.258 e. The molecule has 5 rings (SSSR count). The Kier molecular flexibility index (Phi) is 5.91. The standard InChI is InChI=1S/C28H18N2O4S/c31-29(32)23-15-11-21(12-16-23)27-25(19-7-3-1-4-8-19)26(20-9-5-2-6-10-20)28(35-27)22-13-17-24(18-14-22)30(33)34/h1-18H. The Morgan fingerprint density at radius 2 is 0.800 bits per heavy atom. The number of benzene rings is 4. The lowest BCUT2D eigenvalue weighted by molar-refractivity contribution is -0.385. The lowest BCUT2D eigenvalue weighted by atomic mass is 9.91. The molecule has 170 valence electrons. The van der Waals surface area contributed by atoms with Crippen molar-refractivity contribution in [1.29, 1.82) is 0 Å². The molecule has 0 saturated heterocycles. The maximum absolute atomic E-state index is 11.2. The number of nitrogens with zero attached hydrogens (tertiary/aromatic N) is 2. The van der Waals surface area contributed by atoms with Gasteiger partial charge in [-0.15, -0.1) is 11.3 Å². The van der Waals surface area contributed by atoms with Gasteiger partial charge >= 0.3 is 0 Å². The SMILES string of the molecule is O=[N+]([O-])c1ccc(-c2sc(-c3ccc([N+](=O)[O-])cc3)c(-c3ccccc3)c2-c2ccccc2)cc1. The second-order valence-electron chi connectivity index (χ2n) is 7.85. The molecule has 0 radical (unpaired) electrons. The van der Waals surface area contributed by atoms with Gasteiger partial charge in [0.05, 0.1) is 9.85 Å². The van der Waals surface area contributed by atoms with Crippen LogP contribution in [0.5, 0.6) is 0 Å². The molecule has 0 amide bonds. The van der Waals surface area contributed by atoms with E-state index in [1.165, 1.54) is 24.3 Å². The number of non-ortho nitro benzene ring substituents is 2. The van der Waals surface area contributed by atoms with Gasteiger partial charge in [-0.3, -0.25) is 20.2 Å². The van der Waals surface area contributed by atoms with Gasteiger partial charge in [0.25, 0.3) is 11.4 Å². The molecule has 0 fully saturated rings. The molecule has 0 atom stereocenters. The van der Waals surface area contributed by atoms with Gasteiger partial charge in [-0.2, -0.15) is 0 Å². The van der Waals surface area contributed by atoms with Gasteiger partial charge in [0.2, 0.25) is 0 Å². The highest BCUT2D eigenvalue weighted by molar-refractivity contribution is 7.20. The second-order valence-corrected chi connectivity index (χ2v) is 8.87. The van der Waals surface area contributed by atoms with Gasteiger partial charge < -0.3 is 0 Å². The third-order valence-corrected chi connectivity index (χ3v) is 7.00. The monoisotopic (exact) mass is 478 g/mol. The zero-order valence-corrected chi connectivity index (χ0v) is 19.1. The van der Waals surface area contributed by atoms with Crippen molar-refractivity contribution >= 4 is 22.7 Å². The van der Waals surface area contributed by atoms with Crippen LogP contribution in [-0.4, -0.2) is 9.85 Å². The highest BCUT2D eigenvalue weighted by atomic mass is 32.1. The third-order valence-electron chi connectivity index (χ3n) is 5.71. The van der Waals surface area contributed by atoms with Gasteiger partial charge in [0.1, 0.15) is 0 Å². The Morgan fingerprint density at radius 3 is 1.11 bits per heavy atom. The lowest BCUT2D eigenvalue weighted by Gasteiger charge is -2.11. The van der Waals surface area contributed by atoms with Crippen molar-refractivity contribution in [3.63, 3.8) is 0 Å². The number of rotatable bonds is 6. The molecule has 0 saturated carbocycles. The van der Waals surface area contributed by atoms with Crippen molar-refractivity contribution in [3.8, 4) is 43.1 Å². The molecule has 1 aromatic heterocycles. The van der Waals surface area contributed by atoms with Crippen LogP contribution in [-0.2, 0) is 0 Å². The fourth-order valence-electron chi connectivity index (χ4n) is 4.07. The van der Waals surface area contributed by atoms with Crippen LogP contribution in [0.1, 0.15) is 0 Å². The predicted molar refractivity (Wildman–Crippen MR) is 139 cm³/mol. The first-order valence-corrected chi connectivity index (χ1v) is 11.6. The van der Waals surface area contributed by atoms with E-state index < -0.39 is 9.85 Å². The van der Waals surface area contributed by atoms with Crippen molar-refractivity contribution < 1.29 is 9.85 Å². The molecular formula is C28H18N2O4S. The molecule has 35 heavy (non-hydrogen) atoms. The maximum Gasteiger partial charge on any atom is 0.269 e. The fraction of sp³-hybridized carbons (Fsp3) is 0. The summed E-state index contributed by atoms with van der Waals surface area (Å²) in [5.74, 6) is 0. The molecule has 1 heterocycles. The maximum atomic E-state index is 11.2. The fourth-order valence-corrected chi connectivity index (χ4v) is 5.42. The molecule has 0 aliphatic carbocycles. The topological polar surface area (TPSA) is 86.3 Å². The zero-order valence-electron chi connectivity index (χ0n) is 18.3. The Bertz CT molecular complexity index is 1400. The lowest BCUT2D eigenvalue weighted by Crippen LogP contribution is -1.88. The molecule has 7 heteroatoms. The number of hydrogen-bond donors (Lipinski definition) is 0. The van der Waals surface area contributed by atoms with E-state index >= 15 is 0 Å². The highest BCUT2D eigenvalue weighted by Crippen LogP contribution is 2.52. The summed E-state index contributed by atoms with van der Waals surface area (Å²) in [6, 6.07) is 33.1. The number of nitro benzene ring substituents is 2. The van der Waals surface area contributed by atoms with Crippen LogP contribution >= 0.6 is 11.3 Å². The van der Waals surface area contributed by atoms with Gasteiger partial charge in [-0.1, -0.05) is 60.7 Å². The van der Waals surface area contributed by atoms with Crippen molar-refractivity contribution in [1.82, 2.24) is 0 Å². The Labute approximate surface area is 205 Å². The summed E-state index contributed by atoms with van der Waals surface area (Å²) >= 11 is 1.57. The zero-order chi connectivity index (χ0) is 24.4. The molecule has 6 nitrogen and oxygen atoms in total. The minimum absolute atomic E-state index is 0.0328. The van der Waals surface area contributed by atoms with Crippen molar-refractivity contribution in [2.75, 3.05) is 0 Å². The summed E-state index contributed by atoms with van der Waals surface area (Å²) in [7, 11) is 0. The van der Waals surface area contributed by atoms with E-state index in [9.17, 15) is 20.2 Å². The van der Waals surface area contributed by atoms with E-state index in [1.807, 2.05) is 60.7 Å². The van der Waals surface area contributed by atoms with Crippen LogP contribution in [0.15, 0.2) is 109 Å². The third kappa shape index (κ3) is 4.32. The van der Waals surface area contributed by atoms with Crippen LogP contribution in [0.4, 0.5) is 11.4 Å². The first kappa shape index (κ1) is 22.2. The van der Waals surface area contributed by atoms with Crippen LogP contribution in [0.2, 0.25) is 0 Å². The second kappa shape index (κ2) is 9.32. The summed E-state index contributed by atoms with van der Waals surface area (Å²) in [6.07, 6.45) is 0. The summed E-state index contributed by atoms with van der Waals surface area (Å²) < 4.78 is 0. The number of nitro groups is 2. The van der Waals surface area contributed by atoms with E-state index in [0.717, 1.165) is 43.1 Å². The van der Waals surface area contributed by atoms with Gasteiger partial charge in [0, 0.05) is 45.1 Å². The molecule has 0 unspecified atom stereocenters. The Balaban J connectivity index is 1.81. The largest absolute Gasteiger partial charge is 0.269 e. The predicted octanol–water partition coefficient (Wildman–Crippen LogP) is 8.23. The molecule has 5 aromatic rings. The smallest absolute Gasteiger partial charge is 0.258 e. The van der Waals surface area contributed by atoms with Gasteiger partial charge in [-0.25, -0.2) is 0 Å². The first-order chi connectivity index (χ1) is 17.0. The first-order valence-electron chi connectivity index (χ1n) is 10.8. The van der Waals surface area contributed by atoms with Crippen molar-refractivity contribution in [3.05, 3.63) is 129 Å². The summed E-state index contributed by atoms with van der Waals surface area (Å²) in [4.78, 5) is 23.5. The van der Waals surface area contributed by atoms with Crippen LogP contribution < -0.4 is 0 Å². The summed E-state index contributed by atoms with van der Waals surface area (Å²) in [6.45, 7) is 0. The van der Waals surface area contributed by atoms with Crippen LogP contribution in [0.25, 0.3) is 43.1 Å². The van der Waals surface area contributed by atoms with E-state index in [2.05, 4.69) is 0 Å². The molecule has 0 aliphatic heterocycles. The number of thiophene rings is 1. The Hall–Kier alpha value is -4.62. The average Bonchev–Trinajstić information content (AvgIpc) is 3.30. The molecule has 4 aromatic carbocycles. The highest BCUT2D eigenvalue weighted by Gasteiger charge is 2.23. The van der Waals surface area contributed by atoms with Gasteiger partial charge in [-0.05, 0) is 46.5 Å².